The fourth-order valence-electron chi connectivity index (χ4n) is 1.94. The normalized spacial score (nSPS) is 14.8. The van der Waals surface area contributed by atoms with Gasteiger partial charge in [0.15, 0.2) is 0 Å². The number of hydrogen-bond acceptors (Lipinski definition) is 4. The second-order valence-corrected chi connectivity index (χ2v) is 6.55. The van der Waals surface area contributed by atoms with Crippen LogP contribution >= 0.6 is 23.1 Å². The van der Waals surface area contributed by atoms with Crippen molar-refractivity contribution < 1.29 is 5.11 Å². The minimum atomic E-state index is -0.0647. The predicted molar refractivity (Wildman–Crippen MR) is 78.1 cm³/mol. The molecule has 0 saturated carbocycles. The summed E-state index contributed by atoms with van der Waals surface area (Å²) in [5, 5.41) is 15.1. The second kappa shape index (κ2) is 8.14. The number of thiophene rings is 1. The molecule has 0 amide bonds. The molecule has 1 rings (SSSR count). The summed E-state index contributed by atoms with van der Waals surface area (Å²) < 4.78 is 1.39. The molecule has 0 radical (unpaired) electrons. The van der Waals surface area contributed by atoms with Crippen molar-refractivity contribution in [3.8, 4) is 0 Å². The summed E-state index contributed by atoms with van der Waals surface area (Å²) in [7, 11) is 0. The first kappa shape index (κ1) is 15.0. The van der Waals surface area contributed by atoms with Crippen LogP contribution in [0.15, 0.2) is 21.7 Å². The van der Waals surface area contributed by atoms with Crippen molar-refractivity contribution in [3.05, 3.63) is 17.5 Å². The molecule has 2 nitrogen and oxygen atoms in total. The number of aliphatic hydroxyl groups is 1. The highest BCUT2D eigenvalue weighted by molar-refractivity contribution is 8.01. The van der Waals surface area contributed by atoms with Crippen molar-refractivity contribution in [1.29, 1.82) is 0 Å². The molecule has 1 aromatic heterocycles. The van der Waals surface area contributed by atoms with Gasteiger partial charge >= 0.3 is 0 Å². The molecule has 4 heteroatoms. The SMILES string of the molecule is CCNC(CC)(CO)CCCSc1cccs1. The Bertz CT molecular complexity index is 284. The van der Waals surface area contributed by atoms with Crippen molar-refractivity contribution in [2.45, 2.75) is 42.9 Å². The number of nitrogens with one attached hydrogen (secondary N) is 1. The van der Waals surface area contributed by atoms with E-state index in [4.69, 9.17) is 0 Å². The largest absolute Gasteiger partial charge is 0.394 e. The second-order valence-electron chi connectivity index (χ2n) is 4.21. The molecule has 0 aliphatic heterocycles. The molecule has 1 aromatic rings. The van der Waals surface area contributed by atoms with Crippen molar-refractivity contribution in [2.24, 2.45) is 0 Å². The number of rotatable bonds is 9. The highest BCUT2D eigenvalue weighted by atomic mass is 32.2. The summed E-state index contributed by atoms with van der Waals surface area (Å²) in [5.41, 5.74) is -0.0647. The first-order valence-electron chi connectivity index (χ1n) is 6.28. The van der Waals surface area contributed by atoms with E-state index in [-0.39, 0.29) is 12.1 Å². The predicted octanol–water partition coefficient (Wildman–Crippen LogP) is 3.37. The Morgan fingerprint density at radius 3 is 2.82 bits per heavy atom. The highest BCUT2D eigenvalue weighted by Gasteiger charge is 2.25. The smallest absolute Gasteiger partial charge is 0.0613 e. The van der Waals surface area contributed by atoms with Crippen LogP contribution in [0, 0.1) is 0 Å². The van der Waals surface area contributed by atoms with Crippen LogP contribution in [0.5, 0.6) is 0 Å². The Labute approximate surface area is 113 Å². The summed E-state index contributed by atoms with van der Waals surface area (Å²) in [6, 6.07) is 4.26. The van der Waals surface area contributed by atoms with Gasteiger partial charge in [0.25, 0.3) is 0 Å². The number of hydrogen-bond donors (Lipinski definition) is 2. The fraction of sp³-hybridized carbons (Fsp3) is 0.692. The average Bonchev–Trinajstić information content (AvgIpc) is 2.86. The van der Waals surface area contributed by atoms with Gasteiger partial charge in [-0.1, -0.05) is 19.9 Å². The lowest BCUT2D eigenvalue weighted by Crippen LogP contribution is -2.48. The van der Waals surface area contributed by atoms with Gasteiger partial charge in [0.2, 0.25) is 0 Å². The first-order chi connectivity index (χ1) is 8.26. The van der Waals surface area contributed by atoms with Gasteiger partial charge in [-0.15, -0.1) is 23.1 Å². The maximum absolute atomic E-state index is 9.52. The van der Waals surface area contributed by atoms with E-state index in [0.717, 1.165) is 31.6 Å². The first-order valence-corrected chi connectivity index (χ1v) is 8.15. The quantitative estimate of drug-likeness (QED) is 0.534. The molecule has 0 aliphatic carbocycles. The Hall–Kier alpha value is -0.0300. The fourth-order valence-corrected chi connectivity index (χ4v) is 3.74. The van der Waals surface area contributed by atoms with E-state index in [1.54, 1.807) is 11.3 Å². The topological polar surface area (TPSA) is 32.3 Å². The molecule has 0 aromatic carbocycles. The van der Waals surface area contributed by atoms with E-state index >= 15 is 0 Å². The third-order valence-electron chi connectivity index (χ3n) is 3.07. The summed E-state index contributed by atoms with van der Waals surface area (Å²) >= 11 is 3.72. The molecule has 1 heterocycles. The van der Waals surface area contributed by atoms with Crippen molar-refractivity contribution in [1.82, 2.24) is 5.32 Å². The third-order valence-corrected chi connectivity index (χ3v) is 5.29. The Morgan fingerprint density at radius 2 is 2.29 bits per heavy atom. The van der Waals surface area contributed by atoms with Crippen LogP contribution in [-0.2, 0) is 0 Å². The average molecular weight is 273 g/mol. The van der Waals surface area contributed by atoms with Gasteiger partial charge in [-0.3, -0.25) is 0 Å². The molecule has 0 fully saturated rings. The van der Waals surface area contributed by atoms with Gasteiger partial charge < -0.3 is 10.4 Å². The third kappa shape index (κ3) is 5.00. The van der Waals surface area contributed by atoms with Crippen molar-refractivity contribution in [3.63, 3.8) is 0 Å². The van der Waals surface area contributed by atoms with Crippen LogP contribution in [0.1, 0.15) is 33.1 Å². The van der Waals surface area contributed by atoms with Gasteiger partial charge in [0, 0.05) is 5.54 Å². The zero-order valence-electron chi connectivity index (χ0n) is 10.7. The van der Waals surface area contributed by atoms with Gasteiger partial charge in [0.05, 0.1) is 10.8 Å². The van der Waals surface area contributed by atoms with Crippen LogP contribution in [0.3, 0.4) is 0 Å². The highest BCUT2D eigenvalue weighted by Crippen LogP contribution is 2.26. The van der Waals surface area contributed by atoms with Crippen LogP contribution in [0.2, 0.25) is 0 Å². The summed E-state index contributed by atoms with van der Waals surface area (Å²) in [5.74, 6) is 1.13. The minimum Gasteiger partial charge on any atom is -0.394 e. The van der Waals surface area contributed by atoms with Gasteiger partial charge in [-0.2, -0.15) is 0 Å². The summed E-state index contributed by atoms with van der Waals surface area (Å²) in [6.07, 6.45) is 3.18. The molecule has 17 heavy (non-hydrogen) atoms. The lowest BCUT2D eigenvalue weighted by molar-refractivity contribution is 0.148. The lowest BCUT2D eigenvalue weighted by atomic mass is 9.91. The Morgan fingerprint density at radius 1 is 1.47 bits per heavy atom. The standard InChI is InChI=1S/C13H23NOS2/c1-3-13(11-15,14-4-2)8-6-10-17-12-7-5-9-16-12/h5,7,9,14-15H,3-4,6,8,10-11H2,1-2H3. The summed E-state index contributed by atoms with van der Waals surface area (Å²) in [6.45, 7) is 5.40. The Balaban J connectivity index is 2.27. The monoisotopic (exact) mass is 273 g/mol. The number of likely N-dealkylation sites (N-methyl/N-ethyl adjacent to an activating group) is 1. The van der Waals surface area contributed by atoms with Crippen molar-refractivity contribution >= 4 is 23.1 Å². The van der Waals surface area contributed by atoms with Gasteiger partial charge in [-0.25, -0.2) is 0 Å². The van der Waals surface area contributed by atoms with E-state index in [2.05, 4.69) is 36.7 Å². The lowest BCUT2D eigenvalue weighted by Gasteiger charge is -2.31. The molecule has 0 aliphatic rings. The molecule has 0 spiro atoms. The van der Waals surface area contributed by atoms with Crippen LogP contribution in [0.4, 0.5) is 0 Å². The van der Waals surface area contributed by atoms with E-state index in [9.17, 15) is 5.11 Å². The van der Waals surface area contributed by atoms with Gasteiger partial charge in [-0.05, 0) is 43.0 Å². The van der Waals surface area contributed by atoms with Crippen molar-refractivity contribution in [2.75, 3.05) is 18.9 Å². The van der Waals surface area contributed by atoms with E-state index < -0.39 is 0 Å². The van der Waals surface area contributed by atoms with E-state index in [0.29, 0.717) is 0 Å². The van der Waals surface area contributed by atoms with Crippen LogP contribution < -0.4 is 5.32 Å². The maximum Gasteiger partial charge on any atom is 0.0613 e. The van der Waals surface area contributed by atoms with Crippen LogP contribution in [0.25, 0.3) is 0 Å². The molecular formula is C13H23NOS2. The minimum absolute atomic E-state index is 0.0647. The van der Waals surface area contributed by atoms with Gasteiger partial charge in [0.1, 0.15) is 0 Å². The molecule has 1 atom stereocenters. The van der Waals surface area contributed by atoms with Crippen LogP contribution in [-0.4, -0.2) is 29.5 Å². The van der Waals surface area contributed by atoms with E-state index in [1.165, 1.54) is 4.21 Å². The zero-order chi connectivity index (χ0) is 12.6. The zero-order valence-corrected chi connectivity index (χ0v) is 12.4. The molecule has 98 valence electrons. The molecule has 1 unspecified atom stereocenters. The number of thioether (sulfide) groups is 1. The molecule has 0 bridgehead atoms. The molecule has 0 saturated heterocycles. The Kier molecular flexibility index (Phi) is 7.19. The van der Waals surface area contributed by atoms with E-state index in [1.807, 2.05) is 11.8 Å². The summed E-state index contributed by atoms with van der Waals surface area (Å²) in [4.78, 5) is 0. The number of aliphatic hydroxyl groups excluding tert-OH is 1. The maximum atomic E-state index is 9.52. The molecular weight excluding hydrogens is 250 g/mol. The molecule has 2 N–H and O–H groups in total.